The monoisotopic (exact) mass is 344 g/mol. The molecule has 0 N–H and O–H groups in total. The fourth-order valence-corrected chi connectivity index (χ4v) is 2.32. The molecule has 1 aromatic heterocycles. The molecule has 6 heteroatoms. The van der Waals surface area contributed by atoms with Gasteiger partial charge >= 0.3 is 0 Å². The Morgan fingerprint density at radius 2 is 2.16 bits per heavy atom. The van der Waals surface area contributed by atoms with E-state index in [4.69, 9.17) is 11.6 Å². The highest BCUT2D eigenvalue weighted by molar-refractivity contribution is 9.10. The van der Waals surface area contributed by atoms with Crippen LogP contribution in [0.3, 0.4) is 0 Å². The predicted molar refractivity (Wildman–Crippen MR) is 75.7 cm³/mol. The third kappa shape index (κ3) is 2.58. The van der Waals surface area contributed by atoms with Crippen LogP contribution in [0.5, 0.6) is 0 Å². The molecule has 0 amide bonds. The van der Waals surface area contributed by atoms with E-state index in [-0.39, 0.29) is 10.6 Å². The molecule has 2 rings (SSSR count). The van der Waals surface area contributed by atoms with E-state index < -0.39 is 11.4 Å². The second-order valence-corrected chi connectivity index (χ2v) is 5.90. The first-order chi connectivity index (χ1) is 8.86. The van der Waals surface area contributed by atoms with Crippen LogP contribution in [0.2, 0.25) is 5.02 Å². The second-order valence-electron chi connectivity index (χ2n) is 4.64. The molecule has 0 bridgehead atoms. The average Bonchev–Trinajstić information content (AvgIpc) is 2.72. The van der Waals surface area contributed by atoms with Crippen molar-refractivity contribution in [3.05, 3.63) is 39.7 Å². The molecule has 0 radical (unpaired) electrons. The van der Waals surface area contributed by atoms with Gasteiger partial charge in [-0.3, -0.25) is 4.68 Å². The van der Waals surface area contributed by atoms with Crippen molar-refractivity contribution in [2.24, 2.45) is 0 Å². The zero-order chi connectivity index (χ0) is 14.2. The van der Waals surface area contributed by atoms with Gasteiger partial charge in [0.25, 0.3) is 0 Å². The number of carbonyl (C=O) groups is 1. The Kier molecular flexibility index (Phi) is 3.78. The number of rotatable bonds is 3. The Labute approximate surface area is 123 Å². The molecule has 0 saturated heterocycles. The molecular formula is C13H11BrClFN2O. The van der Waals surface area contributed by atoms with Gasteiger partial charge in [-0.1, -0.05) is 17.7 Å². The molecule has 0 aliphatic carbocycles. The van der Waals surface area contributed by atoms with Gasteiger partial charge in [0, 0.05) is 6.20 Å². The molecule has 2 aromatic rings. The van der Waals surface area contributed by atoms with Crippen molar-refractivity contribution >= 4 is 33.8 Å². The van der Waals surface area contributed by atoms with Crippen LogP contribution in [0.15, 0.2) is 28.9 Å². The molecule has 1 aromatic carbocycles. The minimum absolute atomic E-state index is 0.219. The van der Waals surface area contributed by atoms with Crippen LogP contribution in [0.1, 0.15) is 13.8 Å². The Bertz CT molecular complexity index is 619. The third-order valence-corrected chi connectivity index (χ3v) is 3.64. The maximum Gasteiger partial charge on any atom is 0.147 e. The molecule has 0 unspecified atom stereocenters. The first kappa shape index (κ1) is 14.2. The van der Waals surface area contributed by atoms with Crippen molar-refractivity contribution in [3.8, 4) is 11.3 Å². The quantitative estimate of drug-likeness (QED) is 0.787. The molecular weight excluding hydrogens is 335 g/mol. The van der Waals surface area contributed by atoms with Crippen molar-refractivity contribution in [1.29, 1.82) is 0 Å². The average molecular weight is 346 g/mol. The number of hydrogen-bond acceptors (Lipinski definition) is 2. The van der Waals surface area contributed by atoms with E-state index in [2.05, 4.69) is 21.0 Å². The summed E-state index contributed by atoms with van der Waals surface area (Å²) in [5, 5.41) is 4.53. The van der Waals surface area contributed by atoms with Gasteiger partial charge in [0.05, 0.1) is 15.1 Å². The summed E-state index contributed by atoms with van der Waals surface area (Å²) in [7, 11) is 0. The Morgan fingerprint density at radius 1 is 1.47 bits per heavy atom. The fourth-order valence-electron chi connectivity index (χ4n) is 1.60. The number of aldehydes is 1. The van der Waals surface area contributed by atoms with E-state index in [9.17, 15) is 9.18 Å². The minimum Gasteiger partial charge on any atom is -0.301 e. The summed E-state index contributed by atoms with van der Waals surface area (Å²) >= 11 is 9.33. The maximum absolute atomic E-state index is 13.9. The standard InChI is InChI=1S/C13H11BrClFN2O/c1-13(2,7-19)18-6-8(14)12(17-18)11-9(15)4-3-5-10(11)16/h3-7H,1-2H3. The van der Waals surface area contributed by atoms with Gasteiger partial charge in [0.15, 0.2) is 0 Å². The normalized spacial score (nSPS) is 11.6. The zero-order valence-electron chi connectivity index (χ0n) is 10.3. The highest BCUT2D eigenvalue weighted by atomic mass is 79.9. The Hall–Kier alpha value is -1.20. The summed E-state index contributed by atoms with van der Waals surface area (Å²) in [6.45, 7) is 3.43. The molecule has 3 nitrogen and oxygen atoms in total. The van der Waals surface area contributed by atoms with E-state index in [1.165, 1.54) is 16.8 Å². The molecule has 0 fully saturated rings. The van der Waals surface area contributed by atoms with Gasteiger partial charge in [-0.2, -0.15) is 5.10 Å². The van der Waals surface area contributed by atoms with Gasteiger partial charge in [-0.15, -0.1) is 0 Å². The fraction of sp³-hybridized carbons (Fsp3) is 0.231. The van der Waals surface area contributed by atoms with Crippen LogP contribution in [0.4, 0.5) is 4.39 Å². The summed E-state index contributed by atoms with van der Waals surface area (Å²) in [4.78, 5) is 11.0. The largest absolute Gasteiger partial charge is 0.301 e. The van der Waals surface area contributed by atoms with Crippen LogP contribution in [-0.2, 0) is 10.3 Å². The van der Waals surface area contributed by atoms with Crippen LogP contribution in [-0.4, -0.2) is 16.1 Å². The number of carbonyl (C=O) groups excluding carboxylic acids is 1. The van der Waals surface area contributed by atoms with E-state index in [1.807, 2.05) is 0 Å². The minimum atomic E-state index is -0.807. The van der Waals surface area contributed by atoms with Gasteiger partial charge in [0.1, 0.15) is 23.3 Å². The summed E-state index contributed by atoms with van der Waals surface area (Å²) in [5.74, 6) is -0.456. The summed E-state index contributed by atoms with van der Waals surface area (Å²) in [6, 6.07) is 4.44. The van der Waals surface area contributed by atoms with E-state index >= 15 is 0 Å². The number of halogens is 3. The number of nitrogens with zero attached hydrogens (tertiary/aromatic N) is 2. The lowest BCUT2D eigenvalue weighted by Crippen LogP contribution is -2.28. The molecule has 0 spiro atoms. The highest BCUT2D eigenvalue weighted by Crippen LogP contribution is 2.35. The molecule has 0 aliphatic rings. The van der Waals surface area contributed by atoms with Crippen LogP contribution in [0.25, 0.3) is 11.3 Å². The first-order valence-corrected chi connectivity index (χ1v) is 6.70. The summed E-state index contributed by atoms with van der Waals surface area (Å²) in [6.07, 6.45) is 2.41. The van der Waals surface area contributed by atoms with Gasteiger partial charge < -0.3 is 4.79 Å². The topological polar surface area (TPSA) is 34.9 Å². The molecule has 100 valence electrons. The van der Waals surface area contributed by atoms with Crippen molar-refractivity contribution in [1.82, 2.24) is 9.78 Å². The van der Waals surface area contributed by atoms with E-state index in [0.717, 1.165) is 6.29 Å². The van der Waals surface area contributed by atoms with E-state index in [0.29, 0.717) is 10.2 Å². The SMILES string of the molecule is CC(C)(C=O)n1cc(Br)c(-c2c(F)cccc2Cl)n1. The van der Waals surface area contributed by atoms with Crippen molar-refractivity contribution in [2.75, 3.05) is 0 Å². The zero-order valence-corrected chi connectivity index (χ0v) is 12.7. The maximum atomic E-state index is 13.9. The highest BCUT2D eigenvalue weighted by Gasteiger charge is 2.24. The lowest BCUT2D eigenvalue weighted by Gasteiger charge is -2.17. The van der Waals surface area contributed by atoms with E-state index in [1.54, 1.807) is 26.1 Å². The summed E-state index contributed by atoms with van der Waals surface area (Å²) < 4.78 is 15.9. The second kappa shape index (κ2) is 5.06. The first-order valence-electron chi connectivity index (χ1n) is 5.53. The lowest BCUT2D eigenvalue weighted by molar-refractivity contribution is -0.114. The number of hydrogen-bond donors (Lipinski definition) is 0. The van der Waals surface area contributed by atoms with Gasteiger partial charge in [-0.05, 0) is 41.9 Å². The molecule has 0 saturated carbocycles. The third-order valence-electron chi connectivity index (χ3n) is 2.75. The smallest absolute Gasteiger partial charge is 0.147 e. The van der Waals surface area contributed by atoms with Crippen molar-refractivity contribution < 1.29 is 9.18 Å². The number of benzene rings is 1. The predicted octanol–water partition coefficient (Wildman–Crippen LogP) is 4.04. The van der Waals surface area contributed by atoms with Crippen molar-refractivity contribution in [2.45, 2.75) is 19.4 Å². The Morgan fingerprint density at radius 3 is 2.74 bits per heavy atom. The van der Waals surface area contributed by atoms with Crippen LogP contribution in [0, 0.1) is 5.82 Å². The summed E-state index contributed by atoms with van der Waals surface area (Å²) in [5.41, 5.74) is -0.215. The lowest BCUT2D eigenvalue weighted by atomic mass is 10.1. The van der Waals surface area contributed by atoms with Crippen molar-refractivity contribution in [3.63, 3.8) is 0 Å². The van der Waals surface area contributed by atoms with Gasteiger partial charge in [0.2, 0.25) is 0 Å². The van der Waals surface area contributed by atoms with Crippen LogP contribution >= 0.6 is 27.5 Å². The molecule has 1 heterocycles. The number of aromatic nitrogens is 2. The van der Waals surface area contributed by atoms with Crippen LogP contribution < -0.4 is 0 Å². The molecule has 19 heavy (non-hydrogen) atoms. The Balaban J connectivity index is 2.62. The van der Waals surface area contributed by atoms with Gasteiger partial charge in [-0.25, -0.2) is 4.39 Å². The molecule has 0 aliphatic heterocycles. The molecule has 0 atom stereocenters.